The first-order valence-corrected chi connectivity index (χ1v) is 5.84. The maximum absolute atomic E-state index is 6.28. The molecule has 0 saturated carbocycles. The first-order chi connectivity index (χ1) is 6.68. The summed E-state index contributed by atoms with van der Waals surface area (Å²) in [6.07, 6.45) is 0.838. The predicted molar refractivity (Wildman–Crippen MR) is 64.2 cm³/mol. The van der Waals surface area contributed by atoms with Crippen molar-refractivity contribution in [2.45, 2.75) is 19.4 Å². The average Bonchev–Trinajstić information content (AvgIpc) is 2.57. The number of benzene rings is 1. The number of hydrogen-bond donors (Lipinski definition) is 1. The number of thiophene rings is 1. The molecule has 1 nitrogen and oxygen atoms in total. The molecule has 74 valence electrons. The smallest absolute Gasteiger partial charge is 0.0525 e. The van der Waals surface area contributed by atoms with Crippen molar-refractivity contribution in [2.75, 3.05) is 0 Å². The number of halogens is 1. The maximum Gasteiger partial charge on any atom is 0.0525 e. The summed E-state index contributed by atoms with van der Waals surface area (Å²) in [5.41, 5.74) is 6.90. The van der Waals surface area contributed by atoms with Crippen molar-refractivity contribution in [3.63, 3.8) is 0 Å². The molecule has 1 heterocycles. The molecule has 1 unspecified atom stereocenters. The lowest BCUT2D eigenvalue weighted by molar-refractivity contribution is 0.739. The van der Waals surface area contributed by atoms with E-state index in [4.69, 9.17) is 17.3 Å². The molecule has 1 aromatic carbocycles. The normalized spacial score (nSPS) is 13.4. The Labute approximate surface area is 92.5 Å². The molecule has 0 bridgehead atoms. The summed E-state index contributed by atoms with van der Waals surface area (Å²) in [5.74, 6) is 0. The topological polar surface area (TPSA) is 26.0 Å². The molecule has 0 fully saturated rings. The Kier molecular flexibility index (Phi) is 2.77. The van der Waals surface area contributed by atoms with Gasteiger partial charge in [0, 0.05) is 16.1 Å². The third-order valence-electron chi connectivity index (χ3n) is 2.19. The second-order valence-corrected chi connectivity index (χ2v) is 4.88. The monoisotopic (exact) mass is 225 g/mol. The highest BCUT2D eigenvalue weighted by atomic mass is 35.5. The van der Waals surface area contributed by atoms with Gasteiger partial charge in [-0.25, -0.2) is 0 Å². The van der Waals surface area contributed by atoms with Crippen LogP contribution >= 0.6 is 22.9 Å². The van der Waals surface area contributed by atoms with Gasteiger partial charge >= 0.3 is 0 Å². The van der Waals surface area contributed by atoms with Crippen LogP contribution in [0.5, 0.6) is 0 Å². The first kappa shape index (κ1) is 9.97. The molecule has 2 N–H and O–H groups in total. The summed E-state index contributed by atoms with van der Waals surface area (Å²) in [6, 6.07) is 6.41. The lowest BCUT2D eigenvalue weighted by Crippen LogP contribution is -2.17. The van der Waals surface area contributed by atoms with Crippen molar-refractivity contribution >= 4 is 33.0 Å². The van der Waals surface area contributed by atoms with Gasteiger partial charge < -0.3 is 5.73 Å². The van der Waals surface area contributed by atoms with Gasteiger partial charge in [-0.2, -0.15) is 0 Å². The number of fused-ring (bicyclic) bond motifs is 1. The summed E-state index contributed by atoms with van der Waals surface area (Å²) in [6.45, 7) is 1.99. The molecule has 0 aliphatic carbocycles. The Morgan fingerprint density at radius 1 is 1.43 bits per heavy atom. The summed E-state index contributed by atoms with van der Waals surface area (Å²) in [7, 11) is 0. The van der Waals surface area contributed by atoms with Crippen LogP contribution in [0.25, 0.3) is 10.1 Å². The van der Waals surface area contributed by atoms with Crippen LogP contribution in [0.4, 0.5) is 0 Å². The predicted octanol–water partition coefficient (Wildman–Crippen LogP) is 3.44. The fraction of sp³-hybridized carbons (Fsp3) is 0.273. The fourth-order valence-corrected chi connectivity index (χ4v) is 2.71. The lowest BCUT2D eigenvalue weighted by Gasteiger charge is -2.07. The zero-order chi connectivity index (χ0) is 10.1. The van der Waals surface area contributed by atoms with Gasteiger partial charge in [-0.15, -0.1) is 11.3 Å². The lowest BCUT2D eigenvalue weighted by atomic mass is 10.1. The van der Waals surface area contributed by atoms with E-state index in [1.165, 1.54) is 4.70 Å². The molecule has 1 atom stereocenters. The minimum atomic E-state index is 0.156. The van der Waals surface area contributed by atoms with Crippen LogP contribution in [-0.4, -0.2) is 6.04 Å². The SMILES string of the molecule is CC(N)Cc1ccc2sccc2c1Cl. The Bertz CT molecular complexity index is 447. The molecule has 0 radical (unpaired) electrons. The summed E-state index contributed by atoms with van der Waals surface area (Å²) in [5, 5.41) is 4.07. The minimum absolute atomic E-state index is 0.156. The third kappa shape index (κ3) is 1.78. The minimum Gasteiger partial charge on any atom is -0.328 e. The number of rotatable bonds is 2. The van der Waals surface area contributed by atoms with E-state index in [0.717, 1.165) is 22.4 Å². The van der Waals surface area contributed by atoms with Crippen molar-refractivity contribution in [2.24, 2.45) is 5.73 Å². The molecule has 14 heavy (non-hydrogen) atoms. The molecule has 0 aliphatic rings. The van der Waals surface area contributed by atoms with E-state index in [9.17, 15) is 0 Å². The highest BCUT2D eigenvalue weighted by Gasteiger charge is 2.07. The van der Waals surface area contributed by atoms with E-state index in [1.807, 2.05) is 6.92 Å². The number of hydrogen-bond acceptors (Lipinski definition) is 2. The Morgan fingerprint density at radius 3 is 2.93 bits per heavy atom. The molecular weight excluding hydrogens is 214 g/mol. The molecular formula is C11H12ClNS. The molecule has 0 saturated heterocycles. The van der Waals surface area contributed by atoms with Gasteiger partial charge in [-0.1, -0.05) is 17.7 Å². The van der Waals surface area contributed by atoms with E-state index in [2.05, 4.69) is 23.6 Å². The highest BCUT2D eigenvalue weighted by molar-refractivity contribution is 7.17. The molecule has 0 aliphatic heterocycles. The molecule has 3 heteroatoms. The Hall–Kier alpha value is -0.570. The van der Waals surface area contributed by atoms with E-state index >= 15 is 0 Å². The standard InChI is InChI=1S/C11H12ClNS/c1-7(13)6-8-2-3-10-9(11(8)12)4-5-14-10/h2-5,7H,6,13H2,1H3. The summed E-state index contributed by atoms with van der Waals surface area (Å²) >= 11 is 7.99. The van der Waals surface area contributed by atoms with Crippen molar-refractivity contribution in [1.82, 2.24) is 0 Å². The van der Waals surface area contributed by atoms with Gasteiger partial charge in [0.25, 0.3) is 0 Å². The Morgan fingerprint density at radius 2 is 2.21 bits per heavy atom. The zero-order valence-corrected chi connectivity index (χ0v) is 9.53. The second-order valence-electron chi connectivity index (χ2n) is 3.55. The van der Waals surface area contributed by atoms with Gasteiger partial charge in [-0.05, 0) is 36.4 Å². The maximum atomic E-state index is 6.28. The first-order valence-electron chi connectivity index (χ1n) is 4.58. The highest BCUT2D eigenvalue weighted by Crippen LogP contribution is 2.31. The third-order valence-corrected chi connectivity index (χ3v) is 3.52. The molecule has 0 spiro atoms. The summed E-state index contributed by atoms with van der Waals surface area (Å²) in [4.78, 5) is 0. The van der Waals surface area contributed by atoms with Crippen LogP contribution in [0.2, 0.25) is 5.02 Å². The van der Waals surface area contributed by atoms with Crippen LogP contribution in [-0.2, 0) is 6.42 Å². The van der Waals surface area contributed by atoms with E-state index in [0.29, 0.717) is 0 Å². The van der Waals surface area contributed by atoms with Crippen molar-refractivity contribution in [3.8, 4) is 0 Å². The van der Waals surface area contributed by atoms with E-state index in [1.54, 1.807) is 11.3 Å². The number of nitrogens with two attached hydrogens (primary N) is 1. The van der Waals surface area contributed by atoms with Crippen LogP contribution in [0.1, 0.15) is 12.5 Å². The van der Waals surface area contributed by atoms with Crippen molar-refractivity contribution < 1.29 is 0 Å². The van der Waals surface area contributed by atoms with Crippen LogP contribution in [0, 0.1) is 0 Å². The Balaban J connectivity index is 2.51. The van der Waals surface area contributed by atoms with Crippen molar-refractivity contribution in [3.05, 3.63) is 34.2 Å². The summed E-state index contributed by atoms with van der Waals surface area (Å²) < 4.78 is 1.24. The fourth-order valence-electron chi connectivity index (χ4n) is 1.56. The van der Waals surface area contributed by atoms with Crippen LogP contribution < -0.4 is 5.73 Å². The van der Waals surface area contributed by atoms with Gasteiger partial charge in [0.05, 0.1) is 5.02 Å². The van der Waals surface area contributed by atoms with Gasteiger partial charge in [0.15, 0.2) is 0 Å². The van der Waals surface area contributed by atoms with Crippen LogP contribution in [0.3, 0.4) is 0 Å². The van der Waals surface area contributed by atoms with Gasteiger partial charge in [-0.3, -0.25) is 0 Å². The second kappa shape index (κ2) is 3.89. The van der Waals surface area contributed by atoms with E-state index in [-0.39, 0.29) is 6.04 Å². The molecule has 2 rings (SSSR count). The van der Waals surface area contributed by atoms with Crippen molar-refractivity contribution in [1.29, 1.82) is 0 Å². The zero-order valence-electron chi connectivity index (χ0n) is 7.96. The van der Waals surface area contributed by atoms with Crippen LogP contribution in [0.15, 0.2) is 23.6 Å². The van der Waals surface area contributed by atoms with E-state index < -0.39 is 0 Å². The van der Waals surface area contributed by atoms with Gasteiger partial charge in [0.2, 0.25) is 0 Å². The molecule has 0 amide bonds. The van der Waals surface area contributed by atoms with Gasteiger partial charge in [0.1, 0.15) is 0 Å². The quantitative estimate of drug-likeness (QED) is 0.833. The average molecular weight is 226 g/mol. The molecule has 1 aromatic heterocycles. The largest absolute Gasteiger partial charge is 0.328 e. The molecule has 2 aromatic rings.